The Morgan fingerprint density at radius 3 is 3.00 bits per heavy atom. The largest absolute Gasteiger partial charge is 0.394 e. The third-order valence-corrected chi connectivity index (χ3v) is 2.85. The lowest BCUT2D eigenvalue weighted by Crippen LogP contribution is -2.48. The van der Waals surface area contributed by atoms with Crippen molar-refractivity contribution in [1.82, 2.24) is 4.98 Å². The molecule has 17 heavy (non-hydrogen) atoms. The van der Waals surface area contributed by atoms with Gasteiger partial charge in [0.05, 0.1) is 25.4 Å². The molecule has 1 aliphatic heterocycles. The van der Waals surface area contributed by atoms with Crippen molar-refractivity contribution in [1.29, 1.82) is 0 Å². The zero-order chi connectivity index (χ0) is 12.3. The summed E-state index contributed by atoms with van der Waals surface area (Å²) in [6.45, 7) is 3.38. The van der Waals surface area contributed by atoms with Crippen molar-refractivity contribution in [2.24, 2.45) is 0 Å². The minimum Gasteiger partial charge on any atom is -0.394 e. The molecule has 0 aromatic carbocycles. The fraction of sp³-hybridized carbons (Fsp3) is 0.583. The fourth-order valence-corrected chi connectivity index (χ4v) is 2.06. The molecule has 1 aromatic rings. The SMILES string of the molecule is CC1CN(c2cc(CO)ccn2)CC(CO)O1. The van der Waals surface area contributed by atoms with E-state index in [0.717, 1.165) is 17.9 Å². The number of hydrogen-bond acceptors (Lipinski definition) is 5. The Bertz CT molecular complexity index is 373. The molecular formula is C12H18N2O3. The number of aromatic nitrogens is 1. The van der Waals surface area contributed by atoms with Crippen LogP contribution in [0.5, 0.6) is 0 Å². The lowest BCUT2D eigenvalue weighted by Gasteiger charge is -2.36. The fourth-order valence-electron chi connectivity index (χ4n) is 2.06. The molecule has 0 amide bonds. The summed E-state index contributed by atoms with van der Waals surface area (Å²) >= 11 is 0. The first-order valence-electron chi connectivity index (χ1n) is 5.80. The van der Waals surface area contributed by atoms with E-state index in [-0.39, 0.29) is 25.4 Å². The van der Waals surface area contributed by atoms with Crippen LogP contribution in [0, 0.1) is 0 Å². The van der Waals surface area contributed by atoms with Crippen LogP contribution in [0.25, 0.3) is 0 Å². The number of ether oxygens (including phenoxy) is 1. The first-order valence-corrected chi connectivity index (χ1v) is 5.80. The maximum Gasteiger partial charge on any atom is 0.129 e. The summed E-state index contributed by atoms with van der Waals surface area (Å²) in [4.78, 5) is 6.37. The molecule has 2 unspecified atom stereocenters. The van der Waals surface area contributed by atoms with Crippen molar-refractivity contribution in [3.05, 3.63) is 23.9 Å². The molecular weight excluding hydrogens is 220 g/mol. The van der Waals surface area contributed by atoms with Crippen LogP contribution < -0.4 is 4.90 Å². The maximum atomic E-state index is 9.16. The summed E-state index contributed by atoms with van der Waals surface area (Å²) in [6, 6.07) is 3.66. The summed E-state index contributed by atoms with van der Waals surface area (Å²) in [5, 5.41) is 18.3. The highest BCUT2D eigenvalue weighted by atomic mass is 16.5. The Morgan fingerprint density at radius 2 is 2.29 bits per heavy atom. The van der Waals surface area contributed by atoms with Crippen molar-refractivity contribution in [2.75, 3.05) is 24.6 Å². The van der Waals surface area contributed by atoms with E-state index in [1.165, 1.54) is 0 Å². The van der Waals surface area contributed by atoms with Gasteiger partial charge in [0, 0.05) is 19.3 Å². The van der Waals surface area contributed by atoms with Crippen LogP contribution in [0.2, 0.25) is 0 Å². The van der Waals surface area contributed by atoms with Gasteiger partial charge in [-0.15, -0.1) is 0 Å². The Kier molecular flexibility index (Phi) is 3.93. The smallest absolute Gasteiger partial charge is 0.129 e. The van der Waals surface area contributed by atoms with E-state index in [1.807, 2.05) is 13.0 Å². The highest BCUT2D eigenvalue weighted by Crippen LogP contribution is 2.19. The molecule has 1 aliphatic rings. The van der Waals surface area contributed by atoms with E-state index in [1.54, 1.807) is 12.3 Å². The van der Waals surface area contributed by atoms with E-state index in [4.69, 9.17) is 14.9 Å². The number of nitrogens with zero attached hydrogens (tertiary/aromatic N) is 2. The van der Waals surface area contributed by atoms with Crippen LogP contribution in [-0.2, 0) is 11.3 Å². The molecule has 2 rings (SSSR count). The number of aliphatic hydroxyl groups is 2. The van der Waals surface area contributed by atoms with Gasteiger partial charge in [-0.3, -0.25) is 0 Å². The second kappa shape index (κ2) is 5.44. The van der Waals surface area contributed by atoms with Gasteiger partial charge in [-0.2, -0.15) is 0 Å². The van der Waals surface area contributed by atoms with E-state index >= 15 is 0 Å². The standard InChI is InChI=1S/C12H18N2O3/c1-9-5-14(6-11(8-16)17-9)12-4-10(7-15)2-3-13-12/h2-4,9,11,15-16H,5-8H2,1H3. The van der Waals surface area contributed by atoms with Crippen LogP contribution in [0.15, 0.2) is 18.3 Å². The highest BCUT2D eigenvalue weighted by molar-refractivity contribution is 5.41. The van der Waals surface area contributed by atoms with Crippen LogP contribution in [0.1, 0.15) is 12.5 Å². The van der Waals surface area contributed by atoms with Crippen molar-refractivity contribution in [3.63, 3.8) is 0 Å². The van der Waals surface area contributed by atoms with Gasteiger partial charge >= 0.3 is 0 Å². The average Bonchev–Trinajstić information content (AvgIpc) is 2.38. The quantitative estimate of drug-likeness (QED) is 0.785. The number of hydrogen-bond donors (Lipinski definition) is 2. The van der Waals surface area contributed by atoms with Gasteiger partial charge in [0.25, 0.3) is 0 Å². The van der Waals surface area contributed by atoms with E-state index < -0.39 is 0 Å². The zero-order valence-electron chi connectivity index (χ0n) is 9.91. The number of rotatable bonds is 3. The van der Waals surface area contributed by atoms with E-state index in [9.17, 15) is 0 Å². The molecule has 5 nitrogen and oxygen atoms in total. The summed E-state index contributed by atoms with van der Waals surface area (Å²) < 4.78 is 5.57. The lowest BCUT2D eigenvalue weighted by molar-refractivity contribution is -0.0423. The highest BCUT2D eigenvalue weighted by Gasteiger charge is 2.25. The molecule has 0 spiro atoms. The maximum absolute atomic E-state index is 9.16. The van der Waals surface area contributed by atoms with E-state index in [2.05, 4.69) is 9.88 Å². The molecule has 2 heterocycles. The summed E-state index contributed by atoms with van der Waals surface area (Å²) in [6.07, 6.45) is 1.59. The van der Waals surface area contributed by atoms with Crippen LogP contribution in [0.4, 0.5) is 5.82 Å². The van der Waals surface area contributed by atoms with Crippen molar-refractivity contribution in [3.8, 4) is 0 Å². The van der Waals surface area contributed by atoms with Gasteiger partial charge in [-0.1, -0.05) is 0 Å². The Labute approximate surface area is 101 Å². The Hall–Kier alpha value is -1.17. The normalized spacial score (nSPS) is 25.0. The topological polar surface area (TPSA) is 65.8 Å². The first-order chi connectivity index (χ1) is 8.22. The van der Waals surface area contributed by atoms with Crippen molar-refractivity contribution < 1.29 is 14.9 Å². The minimum atomic E-state index is -0.168. The first kappa shape index (κ1) is 12.3. The Balaban J connectivity index is 2.14. The molecule has 0 saturated carbocycles. The lowest BCUT2D eigenvalue weighted by atomic mass is 10.2. The van der Waals surface area contributed by atoms with Gasteiger partial charge in [-0.25, -0.2) is 4.98 Å². The predicted molar refractivity (Wildman–Crippen MR) is 63.8 cm³/mol. The van der Waals surface area contributed by atoms with Gasteiger partial charge in [0.2, 0.25) is 0 Å². The summed E-state index contributed by atoms with van der Waals surface area (Å²) in [7, 11) is 0. The minimum absolute atomic E-state index is 0.0127. The monoisotopic (exact) mass is 238 g/mol. The van der Waals surface area contributed by atoms with Gasteiger partial charge in [0.1, 0.15) is 5.82 Å². The number of morpholine rings is 1. The van der Waals surface area contributed by atoms with Crippen LogP contribution in [-0.4, -0.2) is 47.1 Å². The molecule has 1 saturated heterocycles. The molecule has 5 heteroatoms. The number of pyridine rings is 1. The zero-order valence-corrected chi connectivity index (χ0v) is 9.91. The summed E-state index contributed by atoms with van der Waals surface area (Å²) in [5.41, 5.74) is 0.842. The molecule has 2 atom stereocenters. The molecule has 94 valence electrons. The molecule has 0 radical (unpaired) electrons. The van der Waals surface area contributed by atoms with Crippen LogP contribution >= 0.6 is 0 Å². The summed E-state index contributed by atoms with van der Waals surface area (Å²) in [5.74, 6) is 0.824. The van der Waals surface area contributed by atoms with Crippen molar-refractivity contribution >= 4 is 5.82 Å². The average molecular weight is 238 g/mol. The number of anilines is 1. The van der Waals surface area contributed by atoms with E-state index in [0.29, 0.717) is 6.54 Å². The second-order valence-electron chi connectivity index (χ2n) is 4.34. The van der Waals surface area contributed by atoms with Gasteiger partial charge in [-0.05, 0) is 24.6 Å². The molecule has 1 aromatic heterocycles. The third-order valence-electron chi connectivity index (χ3n) is 2.85. The molecule has 2 N–H and O–H groups in total. The van der Waals surface area contributed by atoms with Gasteiger partial charge < -0.3 is 19.8 Å². The van der Waals surface area contributed by atoms with Gasteiger partial charge in [0.15, 0.2) is 0 Å². The molecule has 0 aliphatic carbocycles. The predicted octanol–water partition coefficient (Wildman–Crippen LogP) is 0.160. The van der Waals surface area contributed by atoms with Crippen molar-refractivity contribution in [2.45, 2.75) is 25.7 Å². The number of aliphatic hydroxyl groups excluding tert-OH is 2. The molecule has 1 fully saturated rings. The Morgan fingerprint density at radius 1 is 1.47 bits per heavy atom. The third kappa shape index (κ3) is 2.94. The second-order valence-corrected chi connectivity index (χ2v) is 4.34. The van der Waals surface area contributed by atoms with Crippen LogP contribution in [0.3, 0.4) is 0 Å². The molecule has 0 bridgehead atoms.